The summed E-state index contributed by atoms with van der Waals surface area (Å²) < 4.78 is 4.02. The first kappa shape index (κ1) is 14.1. The van der Waals surface area contributed by atoms with E-state index in [0.717, 1.165) is 34.9 Å². The van der Waals surface area contributed by atoms with Gasteiger partial charge in [-0.05, 0) is 17.9 Å². The highest BCUT2D eigenvalue weighted by Crippen LogP contribution is 2.24. The van der Waals surface area contributed by atoms with Gasteiger partial charge in [0.05, 0.1) is 17.1 Å². The third-order valence-electron chi connectivity index (χ3n) is 3.81. The largest absolute Gasteiger partial charge is 0.324 e. The van der Waals surface area contributed by atoms with Gasteiger partial charge in [-0.2, -0.15) is 0 Å². The molecule has 7 heteroatoms. The zero-order chi connectivity index (χ0) is 15.6. The Bertz CT molecular complexity index is 921. The minimum atomic E-state index is 0.686. The summed E-state index contributed by atoms with van der Waals surface area (Å²) in [5.74, 6) is 0.977. The molecular formula is C16H16N6S. The van der Waals surface area contributed by atoms with E-state index in [9.17, 15) is 0 Å². The van der Waals surface area contributed by atoms with Crippen molar-refractivity contribution in [2.75, 3.05) is 0 Å². The lowest BCUT2D eigenvalue weighted by Gasteiger charge is -2.11. The third-order valence-corrected chi connectivity index (χ3v) is 4.67. The smallest absolute Gasteiger partial charge is 0.166 e. The number of hydrogen-bond acceptors (Lipinski definition) is 5. The molecule has 0 saturated heterocycles. The summed E-state index contributed by atoms with van der Waals surface area (Å²) in [5, 5.41) is 10.3. The van der Waals surface area contributed by atoms with Crippen LogP contribution in [0.5, 0.6) is 0 Å². The van der Waals surface area contributed by atoms with E-state index in [4.69, 9.17) is 0 Å². The highest BCUT2D eigenvalue weighted by molar-refractivity contribution is 7.13. The SMILES string of the molecule is CCCc1c(Cn2ccnc2-c2cccs2)ncn2cnnc12. The van der Waals surface area contributed by atoms with Crippen molar-refractivity contribution >= 4 is 17.0 Å². The van der Waals surface area contributed by atoms with Gasteiger partial charge in [-0.3, -0.25) is 4.40 Å². The lowest BCUT2D eigenvalue weighted by atomic mass is 10.1. The molecule has 0 aliphatic heterocycles. The van der Waals surface area contributed by atoms with Gasteiger partial charge >= 0.3 is 0 Å². The molecule has 0 aliphatic carbocycles. The number of fused-ring (bicyclic) bond motifs is 1. The number of hydrogen-bond donors (Lipinski definition) is 0. The highest BCUT2D eigenvalue weighted by atomic mass is 32.1. The number of aryl methyl sites for hydroxylation is 1. The van der Waals surface area contributed by atoms with Crippen LogP contribution in [0.3, 0.4) is 0 Å². The zero-order valence-corrected chi connectivity index (χ0v) is 13.6. The Morgan fingerprint density at radius 3 is 3.00 bits per heavy atom. The molecule has 4 rings (SSSR count). The third kappa shape index (κ3) is 2.53. The van der Waals surface area contributed by atoms with Crippen LogP contribution in [0.25, 0.3) is 16.3 Å². The Hall–Kier alpha value is -2.54. The summed E-state index contributed by atoms with van der Waals surface area (Å²) >= 11 is 1.69. The van der Waals surface area contributed by atoms with Gasteiger partial charge in [0.2, 0.25) is 0 Å². The van der Waals surface area contributed by atoms with Gasteiger partial charge in [0, 0.05) is 18.0 Å². The van der Waals surface area contributed by atoms with E-state index >= 15 is 0 Å². The molecule has 4 aromatic heterocycles. The van der Waals surface area contributed by atoms with Gasteiger partial charge < -0.3 is 4.57 Å². The second-order valence-electron chi connectivity index (χ2n) is 5.34. The molecular weight excluding hydrogens is 308 g/mol. The van der Waals surface area contributed by atoms with Crippen molar-refractivity contribution in [2.24, 2.45) is 0 Å². The molecule has 0 radical (unpaired) electrons. The second kappa shape index (κ2) is 5.92. The maximum atomic E-state index is 4.63. The van der Waals surface area contributed by atoms with E-state index in [1.54, 1.807) is 24.0 Å². The van der Waals surface area contributed by atoms with E-state index in [1.807, 2.05) is 22.9 Å². The number of thiophene rings is 1. The van der Waals surface area contributed by atoms with Crippen LogP contribution in [0.1, 0.15) is 24.6 Å². The summed E-state index contributed by atoms with van der Waals surface area (Å²) in [6.07, 6.45) is 9.30. The van der Waals surface area contributed by atoms with Crippen LogP contribution in [-0.4, -0.2) is 29.1 Å². The maximum absolute atomic E-state index is 4.63. The Morgan fingerprint density at radius 2 is 2.17 bits per heavy atom. The van der Waals surface area contributed by atoms with Gasteiger partial charge in [-0.1, -0.05) is 19.4 Å². The molecule has 4 aromatic rings. The normalized spacial score (nSPS) is 11.3. The molecule has 4 heterocycles. The van der Waals surface area contributed by atoms with Crippen LogP contribution < -0.4 is 0 Å². The van der Waals surface area contributed by atoms with Crippen molar-refractivity contribution < 1.29 is 0 Å². The first-order valence-electron chi connectivity index (χ1n) is 7.58. The van der Waals surface area contributed by atoms with Gasteiger partial charge in [-0.15, -0.1) is 21.5 Å². The van der Waals surface area contributed by atoms with Crippen molar-refractivity contribution in [3.63, 3.8) is 0 Å². The van der Waals surface area contributed by atoms with E-state index in [0.29, 0.717) is 6.54 Å². The second-order valence-corrected chi connectivity index (χ2v) is 6.29. The molecule has 0 N–H and O–H groups in total. The molecule has 0 saturated carbocycles. The first-order valence-corrected chi connectivity index (χ1v) is 8.46. The summed E-state index contributed by atoms with van der Waals surface area (Å²) in [6.45, 7) is 2.85. The molecule has 0 fully saturated rings. The Balaban J connectivity index is 1.76. The average Bonchev–Trinajstić information content (AvgIpc) is 3.30. The fourth-order valence-electron chi connectivity index (χ4n) is 2.75. The van der Waals surface area contributed by atoms with Crippen LogP contribution in [0, 0.1) is 0 Å². The molecule has 0 aliphatic rings. The van der Waals surface area contributed by atoms with Crippen molar-refractivity contribution in [1.82, 2.24) is 29.1 Å². The molecule has 116 valence electrons. The van der Waals surface area contributed by atoms with Crippen molar-refractivity contribution in [2.45, 2.75) is 26.3 Å². The average molecular weight is 324 g/mol. The maximum Gasteiger partial charge on any atom is 0.166 e. The molecule has 0 unspecified atom stereocenters. The minimum absolute atomic E-state index is 0.686. The van der Waals surface area contributed by atoms with E-state index in [1.165, 1.54) is 5.56 Å². The van der Waals surface area contributed by atoms with Crippen LogP contribution in [0.4, 0.5) is 0 Å². The Kier molecular flexibility index (Phi) is 3.63. The monoisotopic (exact) mass is 324 g/mol. The van der Waals surface area contributed by atoms with Crippen LogP contribution >= 0.6 is 11.3 Å². The van der Waals surface area contributed by atoms with Crippen LogP contribution in [-0.2, 0) is 13.0 Å². The lowest BCUT2D eigenvalue weighted by molar-refractivity contribution is 0.753. The number of aromatic nitrogens is 6. The molecule has 0 bridgehead atoms. The van der Waals surface area contributed by atoms with Gasteiger partial charge in [0.15, 0.2) is 5.65 Å². The minimum Gasteiger partial charge on any atom is -0.324 e. The van der Waals surface area contributed by atoms with Crippen LogP contribution in [0.15, 0.2) is 42.6 Å². The summed E-state index contributed by atoms with van der Waals surface area (Å²) in [5.41, 5.74) is 3.09. The first-order chi connectivity index (χ1) is 11.4. The summed E-state index contributed by atoms with van der Waals surface area (Å²) in [4.78, 5) is 10.3. The van der Waals surface area contributed by atoms with E-state index in [2.05, 4.69) is 43.1 Å². The van der Waals surface area contributed by atoms with Crippen molar-refractivity contribution in [3.8, 4) is 10.7 Å². The van der Waals surface area contributed by atoms with Crippen LogP contribution in [0.2, 0.25) is 0 Å². The molecule has 23 heavy (non-hydrogen) atoms. The van der Waals surface area contributed by atoms with E-state index in [-0.39, 0.29) is 0 Å². The standard InChI is InChI=1S/C16H16N6S/c1-2-4-12-13(18-10-22-11-19-20-15(12)22)9-21-7-6-17-16(21)14-5-3-8-23-14/h3,5-8,10-11H,2,4,9H2,1H3. The molecule has 0 aromatic carbocycles. The van der Waals surface area contributed by atoms with Gasteiger partial charge in [-0.25, -0.2) is 9.97 Å². The van der Waals surface area contributed by atoms with Gasteiger partial charge in [0.25, 0.3) is 0 Å². The molecule has 6 nitrogen and oxygen atoms in total. The fraction of sp³-hybridized carbons (Fsp3) is 0.250. The predicted octanol–water partition coefficient (Wildman–Crippen LogP) is 3.05. The molecule has 0 atom stereocenters. The highest BCUT2D eigenvalue weighted by Gasteiger charge is 2.14. The quantitative estimate of drug-likeness (QED) is 0.566. The Labute approximate surface area is 137 Å². The van der Waals surface area contributed by atoms with Gasteiger partial charge in [0.1, 0.15) is 18.5 Å². The molecule has 0 spiro atoms. The number of rotatable bonds is 5. The van der Waals surface area contributed by atoms with E-state index < -0.39 is 0 Å². The predicted molar refractivity (Wildman–Crippen MR) is 89.4 cm³/mol. The molecule has 0 amide bonds. The van der Waals surface area contributed by atoms with Crippen molar-refractivity contribution in [3.05, 3.63) is 53.8 Å². The summed E-state index contributed by atoms with van der Waals surface area (Å²) in [6, 6.07) is 4.13. The topological polar surface area (TPSA) is 60.9 Å². The zero-order valence-electron chi connectivity index (χ0n) is 12.8. The Morgan fingerprint density at radius 1 is 1.22 bits per heavy atom. The number of nitrogens with zero attached hydrogens (tertiary/aromatic N) is 6. The summed E-state index contributed by atoms with van der Waals surface area (Å²) in [7, 11) is 0. The lowest BCUT2D eigenvalue weighted by Crippen LogP contribution is -2.08. The fourth-order valence-corrected chi connectivity index (χ4v) is 3.49. The number of imidazole rings is 1. The van der Waals surface area contributed by atoms with Crippen molar-refractivity contribution in [1.29, 1.82) is 0 Å².